The van der Waals surface area contributed by atoms with Crippen molar-refractivity contribution in [1.82, 2.24) is 15.2 Å². The van der Waals surface area contributed by atoms with Crippen molar-refractivity contribution in [3.8, 4) is 5.88 Å². The molecule has 5 nitrogen and oxygen atoms in total. The molecule has 2 rings (SSSR count). The lowest BCUT2D eigenvalue weighted by molar-refractivity contribution is -0.139. The van der Waals surface area contributed by atoms with E-state index in [0.29, 0.717) is 12.5 Å². The molecule has 2 aromatic rings. The fourth-order valence-corrected chi connectivity index (χ4v) is 2.95. The predicted octanol–water partition coefficient (Wildman–Crippen LogP) is 3.91. The molecular weight excluding hydrogens is 492 g/mol. The number of alkyl halides is 3. The Hall–Kier alpha value is -1.56. The summed E-state index contributed by atoms with van der Waals surface area (Å²) in [5, 5.41) is 5.11. The molecule has 0 spiro atoms. The third-order valence-electron chi connectivity index (χ3n) is 3.55. The Balaban J connectivity index is 0.00000364. The van der Waals surface area contributed by atoms with Crippen LogP contribution in [0.4, 0.5) is 13.2 Å². The van der Waals surface area contributed by atoms with Crippen molar-refractivity contribution in [3.05, 3.63) is 46.3 Å². The molecule has 0 saturated heterocycles. The molecule has 0 unspecified atom stereocenters. The number of hydrogen-bond donors (Lipinski definition) is 1. The monoisotopic (exact) mass is 514 g/mol. The lowest BCUT2D eigenvalue weighted by Gasteiger charge is -2.22. The number of halogens is 4. The van der Waals surface area contributed by atoms with E-state index < -0.39 is 17.6 Å². The Morgan fingerprint density at radius 1 is 1.33 bits per heavy atom. The maximum atomic E-state index is 12.9. The molecule has 10 heteroatoms. The van der Waals surface area contributed by atoms with Gasteiger partial charge in [-0.05, 0) is 30.0 Å². The van der Waals surface area contributed by atoms with Gasteiger partial charge in [0.1, 0.15) is 12.2 Å². The van der Waals surface area contributed by atoms with Gasteiger partial charge in [-0.2, -0.15) is 13.2 Å². The Morgan fingerprint density at radius 2 is 2.11 bits per heavy atom. The average molecular weight is 514 g/mol. The number of aliphatic imine (C=N–C) groups is 1. The lowest BCUT2D eigenvalue weighted by atomic mass is 10.2. The minimum Gasteiger partial charge on any atom is -0.475 e. The third-order valence-corrected chi connectivity index (χ3v) is 4.48. The lowest BCUT2D eigenvalue weighted by Crippen LogP contribution is -2.41. The number of guanidine groups is 1. The van der Waals surface area contributed by atoms with Gasteiger partial charge >= 0.3 is 6.18 Å². The SMILES string of the molecule is CN=C(NCCOc1ncccc1C(F)(F)F)N(C)CCc1cccs1.I. The zero-order valence-corrected chi connectivity index (χ0v) is 18.1. The van der Waals surface area contributed by atoms with E-state index in [-0.39, 0.29) is 30.6 Å². The quantitative estimate of drug-likeness (QED) is 0.264. The number of hydrogen-bond acceptors (Lipinski definition) is 4. The molecule has 0 aliphatic carbocycles. The molecule has 0 saturated carbocycles. The molecule has 0 radical (unpaired) electrons. The van der Waals surface area contributed by atoms with E-state index in [0.717, 1.165) is 19.0 Å². The van der Waals surface area contributed by atoms with Crippen molar-refractivity contribution in [2.75, 3.05) is 33.8 Å². The van der Waals surface area contributed by atoms with Crippen LogP contribution in [0.2, 0.25) is 0 Å². The molecule has 1 N–H and O–H groups in total. The summed E-state index contributed by atoms with van der Waals surface area (Å²) in [6.07, 6.45) is -2.32. The second kappa shape index (κ2) is 11.3. The number of ether oxygens (including phenoxy) is 1. The van der Waals surface area contributed by atoms with E-state index in [1.54, 1.807) is 18.4 Å². The fraction of sp³-hybridized carbons (Fsp3) is 0.412. The van der Waals surface area contributed by atoms with Gasteiger partial charge in [0.25, 0.3) is 0 Å². The van der Waals surface area contributed by atoms with Crippen molar-refractivity contribution >= 4 is 41.3 Å². The maximum Gasteiger partial charge on any atom is 0.421 e. The Morgan fingerprint density at radius 3 is 2.74 bits per heavy atom. The highest BCUT2D eigenvalue weighted by Gasteiger charge is 2.34. The highest BCUT2D eigenvalue weighted by molar-refractivity contribution is 14.0. The number of rotatable bonds is 7. The van der Waals surface area contributed by atoms with E-state index in [9.17, 15) is 13.2 Å². The minimum absolute atomic E-state index is 0. The molecule has 0 aromatic carbocycles. The van der Waals surface area contributed by atoms with Crippen LogP contribution in [-0.4, -0.2) is 49.6 Å². The molecule has 2 aromatic heterocycles. The number of likely N-dealkylation sites (N-methyl/N-ethyl adjacent to an activating group) is 1. The predicted molar refractivity (Wildman–Crippen MR) is 112 cm³/mol. The number of nitrogens with zero attached hydrogens (tertiary/aromatic N) is 3. The Labute approximate surface area is 177 Å². The van der Waals surface area contributed by atoms with Crippen LogP contribution in [0.15, 0.2) is 40.8 Å². The molecule has 2 heterocycles. The number of pyridine rings is 1. The molecule has 150 valence electrons. The van der Waals surface area contributed by atoms with E-state index >= 15 is 0 Å². The van der Waals surface area contributed by atoms with Crippen LogP contribution in [0.3, 0.4) is 0 Å². The summed E-state index contributed by atoms with van der Waals surface area (Å²) >= 11 is 1.70. The topological polar surface area (TPSA) is 49.8 Å². The van der Waals surface area contributed by atoms with Gasteiger partial charge in [0, 0.05) is 31.7 Å². The maximum absolute atomic E-state index is 12.9. The van der Waals surface area contributed by atoms with Crippen LogP contribution in [0.5, 0.6) is 5.88 Å². The van der Waals surface area contributed by atoms with Gasteiger partial charge in [0.15, 0.2) is 5.96 Å². The first-order valence-electron chi connectivity index (χ1n) is 8.01. The number of thiophene rings is 1. The first-order valence-corrected chi connectivity index (χ1v) is 8.89. The highest BCUT2D eigenvalue weighted by atomic mass is 127. The van der Waals surface area contributed by atoms with E-state index in [4.69, 9.17) is 4.74 Å². The average Bonchev–Trinajstić information content (AvgIpc) is 3.13. The molecule has 0 bridgehead atoms. The van der Waals surface area contributed by atoms with Crippen molar-refractivity contribution < 1.29 is 17.9 Å². The molecule has 27 heavy (non-hydrogen) atoms. The van der Waals surface area contributed by atoms with Gasteiger partial charge in [-0.15, -0.1) is 35.3 Å². The fourth-order valence-electron chi connectivity index (χ4n) is 2.26. The zero-order chi connectivity index (χ0) is 19.0. The summed E-state index contributed by atoms with van der Waals surface area (Å²) in [6.45, 7) is 1.13. The van der Waals surface area contributed by atoms with Crippen molar-refractivity contribution in [1.29, 1.82) is 0 Å². The third kappa shape index (κ3) is 7.53. The van der Waals surface area contributed by atoms with Crippen LogP contribution < -0.4 is 10.1 Å². The van der Waals surface area contributed by atoms with Gasteiger partial charge in [-0.3, -0.25) is 4.99 Å². The second-order valence-corrected chi connectivity index (χ2v) is 6.46. The number of nitrogens with one attached hydrogen (secondary N) is 1. The first kappa shape index (κ1) is 23.5. The largest absolute Gasteiger partial charge is 0.475 e. The molecule has 0 aliphatic rings. The Kier molecular flexibility index (Phi) is 9.84. The molecule has 0 atom stereocenters. The van der Waals surface area contributed by atoms with Gasteiger partial charge in [-0.1, -0.05) is 6.07 Å². The van der Waals surface area contributed by atoms with E-state index in [1.165, 1.54) is 17.1 Å². The smallest absolute Gasteiger partial charge is 0.421 e. The zero-order valence-electron chi connectivity index (χ0n) is 15.0. The van der Waals surface area contributed by atoms with Crippen LogP contribution in [-0.2, 0) is 12.6 Å². The highest BCUT2D eigenvalue weighted by Crippen LogP contribution is 2.34. The molecular formula is C17H22F3IN4OS. The summed E-state index contributed by atoms with van der Waals surface area (Å²) in [6, 6.07) is 6.27. The van der Waals surface area contributed by atoms with Crippen molar-refractivity contribution in [3.63, 3.8) is 0 Å². The van der Waals surface area contributed by atoms with E-state index in [1.807, 2.05) is 23.4 Å². The van der Waals surface area contributed by atoms with Crippen LogP contribution in [0, 0.1) is 0 Å². The van der Waals surface area contributed by atoms with Crippen LogP contribution in [0.25, 0.3) is 0 Å². The van der Waals surface area contributed by atoms with Gasteiger partial charge < -0.3 is 15.0 Å². The van der Waals surface area contributed by atoms with Crippen molar-refractivity contribution in [2.24, 2.45) is 4.99 Å². The van der Waals surface area contributed by atoms with Gasteiger partial charge in [0.2, 0.25) is 5.88 Å². The van der Waals surface area contributed by atoms with Crippen LogP contribution >= 0.6 is 35.3 Å². The van der Waals surface area contributed by atoms with Gasteiger partial charge in [-0.25, -0.2) is 4.98 Å². The second-order valence-electron chi connectivity index (χ2n) is 5.43. The molecule has 0 amide bonds. The Bertz CT molecular complexity index is 710. The molecule has 0 aliphatic heterocycles. The summed E-state index contributed by atoms with van der Waals surface area (Å²) < 4.78 is 43.9. The summed E-state index contributed by atoms with van der Waals surface area (Å²) in [4.78, 5) is 11.1. The molecule has 0 fully saturated rings. The number of aromatic nitrogens is 1. The first-order chi connectivity index (χ1) is 12.4. The normalized spacial score (nSPS) is 11.7. The minimum atomic E-state index is -4.49. The van der Waals surface area contributed by atoms with Gasteiger partial charge in [0.05, 0.1) is 6.54 Å². The standard InChI is InChI=1S/C17H21F3N4OS.HI/c1-21-16(24(2)10-7-13-5-4-12-26-13)23-9-11-25-15-14(17(18,19)20)6-3-8-22-15;/h3-6,8,12H,7,9-11H2,1-2H3,(H,21,23);1H. The van der Waals surface area contributed by atoms with Crippen LogP contribution in [0.1, 0.15) is 10.4 Å². The summed E-state index contributed by atoms with van der Waals surface area (Å²) in [7, 11) is 3.57. The van der Waals surface area contributed by atoms with E-state index in [2.05, 4.69) is 21.4 Å². The summed E-state index contributed by atoms with van der Waals surface area (Å²) in [5.74, 6) is 0.241. The summed E-state index contributed by atoms with van der Waals surface area (Å²) in [5.41, 5.74) is -0.877. The van der Waals surface area contributed by atoms with Crippen molar-refractivity contribution in [2.45, 2.75) is 12.6 Å².